The molecule has 0 saturated carbocycles. The van der Waals surface area contributed by atoms with Crippen LogP contribution in [0.25, 0.3) is 0 Å². The van der Waals surface area contributed by atoms with Crippen LogP contribution in [0, 0.1) is 24.1 Å². The minimum Gasteiger partial charge on any atom is -0.381 e. The number of nitrogens with one attached hydrogen (secondary N) is 3. The van der Waals surface area contributed by atoms with E-state index in [2.05, 4.69) is 63.8 Å². The van der Waals surface area contributed by atoms with Gasteiger partial charge in [-0.25, -0.2) is 8.70 Å². The first-order valence-corrected chi connectivity index (χ1v) is 14.6. The first kappa shape index (κ1) is 29.3. The third-order valence-electron chi connectivity index (χ3n) is 6.89. The Labute approximate surface area is 236 Å². The molecule has 1 aliphatic heterocycles. The van der Waals surface area contributed by atoms with E-state index in [9.17, 15) is 4.39 Å². The lowest BCUT2D eigenvalue weighted by Gasteiger charge is -2.23. The van der Waals surface area contributed by atoms with Crippen molar-refractivity contribution in [3.05, 3.63) is 71.3 Å². The molecule has 1 aromatic heterocycles. The molecule has 0 bridgehead atoms. The molecule has 2 aromatic carbocycles. The molecule has 1 aliphatic rings. The Bertz CT molecular complexity index is 1190. The van der Waals surface area contributed by atoms with Crippen molar-refractivity contribution >= 4 is 29.5 Å². The van der Waals surface area contributed by atoms with Crippen molar-refractivity contribution in [1.82, 2.24) is 19.4 Å². The fourth-order valence-electron chi connectivity index (χ4n) is 4.67. The third kappa shape index (κ3) is 8.89. The summed E-state index contributed by atoms with van der Waals surface area (Å²) in [6.07, 6.45) is 8.41. The second-order valence-corrected chi connectivity index (χ2v) is 11.7. The molecule has 0 spiro atoms. The van der Waals surface area contributed by atoms with Crippen molar-refractivity contribution in [3.63, 3.8) is 0 Å². The molecule has 39 heavy (non-hydrogen) atoms. The Morgan fingerprint density at radius 1 is 1.21 bits per heavy atom. The normalized spacial score (nSPS) is 14.3. The van der Waals surface area contributed by atoms with Crippen LogP contribution < -0.4 is 10.6 Å². The van der Waals surface area contributed by atoms with Crippen LogP contribution in [-0.4, -0.2) is 59.7 Å². The monoisotopic (exact) mass is 552 g/mol. The van der Waals surface area contributed by atoms with Crippen LogP contribution >= 0.6 is 11.9 Å². The smallest absolute Gasteiger partial charge is 0.123 e. The van der Waals surface area contributed by atoms with E-state index >= 15 is 0 Å². The molecule has 3 aromatic rings. The summed E-state index contributed by atoms with van der Waals surface area (Å²) in [5, 5.41) is 19.5. The summed E-state index contributed by atoms with van der Waals surface area (Å²) in [4.78, 5) is 1.15. The largest absolute Gasteiger partial charge is 0.381 e. The average Bonchev–Trinajstić information content (AvgIpc) is 3.40. The van der Waals surface area contributed by atoms with E-state index in [1.54, 1.807) is 24.1 Å². The molecule has 9 heteroatoms. The number of anilines is 2. The first-order chi connectivity index (χ1) is 18.9. The fourth-order valence-corrected chi connectivity index (χ4v) is 5.58. The topological polar surface area (TPSA) is 78.2 Å². The van der Waals surface area contributed by atoms with Crippen LogP contribution in [0.5, 0.6) is 0 Å². The molecule has 0 atom stereocenters. The molecule has 0 amide bonds. The summed E-state index contributed by atoms with van der Waals surface area (Å²) in [5.41, 5.74) is 4.85. The number of ether oxygens (including phenoxy) is 1. The molecule has 1 fully saturated rings. The minimum atomic E-state index is -0.267. The molecular formula is C30H41FN6OS. The van der Waals surface area contributed by atoms with Crippen LogP contribution in [0.1, 0.15) is 49.4 Å². The standard InChI is InChI=1S/C30H41FN6OS/c1-22(2)19-33-11-13-36(39-29-20-34-37(21-29)28-9-14-38-15-10-28)12-8-24-17-25(18-32)30(16-23(24)3)35-27-6-4-26(31)5-7-27/h4-7,16-18,20-22,28,32-33,35H,8-15,19H2,1-3H3. The van der Waals surface area contributed by atoms with E-state index in [1.807, 2.05) is 6.20 Å². The second kappa shape index (κ2) is 14.6. The van der Waals surface area contributed by atoms with Gasteiger partial charge in [0.25, 0.3) is 0 Å². The van der Waals surface area contributed by atoms with E-state index in [1.165, 1.54) is 29.5 Å². The quantitative estimate of drug-likeness (QED) is 0.125. The number of hydrogen-bond donors (Lipinski definition) is 3. The van der Waals surface area contributed by atoms with Crippen LogP contribution in [0.3, 0.4) is 0 Å². The summed E-state index contributed by atoms with van der Waals surface area (Å²) in [6, 6.07) is 10.9. The number of aromatic nitrogens is 2. The SMILES string of the molecule is Cc1cc(Nc2ccc(F)cc2)c(C=N)cc1CCN(CCNCC(C)C)Sc1cnn(C2CCOCC2)c1. The highest BCUT2D eigenvalue weighted by atomic mass is 32.2. The Kier molecular flexibility index (Phi) is 11.0. The first-order valence-electron chi connectivity index (χ1n) is 13.8. The van der Waals surface area contributed by atoms with Gasteiger partial charge in [0, 0.05) is 62.2 Å². The van der Waals surface area contributed by atoms with Gasteiger partial charge in [0.2, 0.25) is 0 Å². The molecule has 0 unspecified atom stereocenters. The highest BCUT2D eigenvalue weighted by Crippen LogP contribution is 2.28. The van der Waals surface area contributed by atoms with Gasteiger partial charge in [-0.3, -0.25) is 4.68 Å². The Morgan fingerprint density at radius 2 is 1.97 bits per heavy atom. The van der Waals surface area contributed by atoms with Crippen LogP contribution in [0.2, 0.25) is 0 Å². The fraction of sp³-hybridized carbons (Fsp3) is 0.467. The predicted molar refractivity (Wildman–Crippen MR) is 159 cm³/mol. The van der Waals surface area contributed by atoms with Gasteiger partial charge in [0.1, 0.15) is 5.82 Å². The number of hydrogen-bond acceptors (Lipinski definition) is 7. The Hall–Kier alpha value is -2.72. The zero-order valence-electron chi connectivity index (χ0n) is 23.3. The number of aryl methyl sites for hydroxylation is 1. The van der Waals surface area contributed by atoms with Gasteiger partial charge >= 0.3 is 0 Å². The highest BCUT2D eigenvalue weighted by molar-refractivity contribution is 7.97. The summed E-state index contributed by atoms with van der Waals surface area (Å²) < 4.78 is 23.3. The van der Waals surface area contributed by atoms with E-state index < -0.39 is 0 Å². The molecule has 4 rings (SSSR count). The van der Waals surface area contributed by atoms with Gasteiger partial charge in [-0.15, -0.1) is 0 Å². The van der Waals surface area contributed by atoms with Crippen molar-refractivity contribution in [2.75, 3.05) is 44.7 Å². The second-order valence-electron chi connectivity index (χ2n) is 10.5. The summed E-state index contributed by atoms with van der Waals surface area (Å²) in [7, 11) is 0. The zero-order valence-corrected chi connectivity index (χ0v) is 24.1. The van der Waals surface area contributed by atoms with E-state index in [4.69, 9.17) is 10.1 Å². The summed E-state index contributed by atoms with van der Waals surface area (Å²) >= 11 is 1.76. The molecule has 210 valence electrons. The minimum absolute atomic E-state index is 0.267. The third-order valence-corrected chi connectivity index (χ3v) is 7.93. The predicted octanol–water partition coefficient (Wildman–Crippen LogP) is 6.22. The number of benzene rings is 2. The van der Waals surface area contributed by atoms with Gasteiger partial charge in [0.15, 0.2) is 0 Å². The van der Waals surface area contributed by atoms with Crippen molar-refractivity contribution in [2.24, 2.45) is 5.92 Å². The summed E-state index contributed by atoms with van der Waals surface area (Å²) in [5.74, 6) is 0.352. The van der Waals surface area contributed by atoms with Crippen molar-refractivity contribution < 1.29 is 9.13 Å². The van der Waals surface area contributed by atoms with Crippen LogP contribution in [0.15, 0.2) is 53.7 Å². The van der Waals surface area contributed by atoms with Gasteiger partial charge in [-0.1, -0.05) is 13.8 Å². The highest BCUT2D eigenvalue weighted by Gasteiger charge is 2.18. The van der Waals surface area contributed by atoms with Gasteiger partial charge in [-0.2, -0.15) is 5.10 Å². The number of nitrogens with zero attached hydrogens (tertiary/aromatic N) is 3. The maximum Gasteiger partial charge on any atom is 0.123 e. The molecule has 2 heterocycles. The molecule has 1 saturated heterocycles. The Balaban J connectivity index is 1.42. The maximum absolute atomic E-state index is 13.3. The molecule has 7 nitrogen and oxygen atoms in total. The zero-order chi connectivity index (χ0) is 27.6. The molecule has 3 N–H and O–H groups in total. The van der Waals surface area contributed by atoms with Crippen molar-refractivity contribution in [1.29, 1.82) is 5.41 Å². The van der Waals surface area contributed by atoms with Gasteiger partial charge in [-0.05, 0) is 98.1 Å². The van der Waals surface area contributed by atoms with E-state index in [0.29, 0.717) is 12.0 Å². The van der Waals surface area contributed by atoms with Gasteiger partial charge in [0.05, 0.1) is 17.1 Å². The number of halogens is 1. The van der Waals surface area contributed by atoms with E-state index in [0.717, 1.165) is 80.5 Å². The molecule has 0 aliphatic carbocycles. The molecule has 0 radical (unpaired) electrons. The maximum atomic E-state index is 13.3. The van der Waals surface area contributed by atoms with Crippen molar-refractivity contribution in [2.45, 2.75) is 51.0 Å². The van der Waals surface area contributed by atoms with Crippen molar-refractivity contribution in [3.8, 4) is 0 Å². The van der Waals surface area contributed by atoms with Crippen LogP contribution in [0.4, 0.5) is 15.8 Å². The van der Waals surface area contributed by atoms with Gasteiger partial charge < -0.3 is 20.8 Å². The lowest BCUT2D eigenvalue weighted by molar-refractivity contribution is 0.0662. The lowest BCUT2D eigenvalue weighted by Crippen LogP contribution is -2.31. The number of rotatable bonds is 14. The summed E-state index contributed by atoms with van der Waals surface area (Å²) in [6.45, 7) is 11.9. The van der Waals surface area contributed by atoms with Crippen LogP contribution in [-0.2, 0) is 11.2 Å². The average molecular weight is 553 g/mol. The lowest BCUT2D eigenvalue weighted by atomic mass is 10.0. The molecular weight excluding hydrogens is 511 g/mol. The van der Waals surface area contributed by atoms with E-state index in [-0.39, 0.29) is 5.82 Å². The Morgan fingerprint density at radius 3 is 2.69 bits per heavy atom.